The van der Waals surface area contributed by atoms with E-state index in [2.05, 4.69) is 16.0 Å². The van der Waals surface area contributed by atoms with E-state index in [0.717, 1.165) is 23.6 Å². The van der Waals surface area contributed by atoms with E-state index in [1.165, 1.54) is 0 Å². The Morgan fingerprint density at radius 1 is 0.667 bits per heavy atom. The number of Topliss-reactive ketones (excluding diaryl/α,β-unsaturated/α-hetero) is 1. The van der Waals surface area contributed by atoms with Crippen molar-refractivity contribution < 1.29 is 19.2 Å². The summed E-state index contributed by atoms with van der Waals surface area (Å²) in [5.41, 5.74) is 1.91. The number of hydrogen-bond acceptors (Lipinski definition) is 4. The molecule has 0 saturated carbocycles. The molecule has 0 aliphatic heterocycles. The number of unbranched alkanes of at least 4 members (excludes halogenated alkanes) is 1. The summed E-state index contributed by atoms with van der Waals surface area (Å²) < 4.78 is 0. The number of carbonyl (C=O) groups is 4. The van der Waals surface area contributed by atoms with E-state index >= 15 is 0 Å². The Labute approximate surface area is 227 Å². The number of ketones is 1. The van der Waals surface area contributed by atoms with Gasteiger partial charge in [0.05, 0.1) is 12.6 Å². The first kappa shape index (κ1) is 27.3. The first-order valence-corrected chi connectivity index (χ1v) is 13.0. The van der Waals surface area contributed by atoms with Crippen molar-refractivity contribution in [2.45, 2.75) is 32.2 Å². The molecular formula is C32H31N3O4. The van der Waals surface area contributed by atoms with E-state index in [9.17, 15) is 19.2 Å². The van der Waals surface area contributed by atoms with Crippen molar-refractivity contribution in [3.63, 3.8) is 0 Å². The fraction of sp³-hybridized carbons (Fsp3) is 0.188. The molecule has 4 aromatic carbocycles. The summed E-state index contributed by atoms with van der Waals surface area (Å²) in [6.45, 7) is 1.83. The highest BCUT2D eigenvalue weighted by Crippen LogP contribution is 2.18. The van der Waals surface area contributed by atoms with Gasteiger partial charge in [0.2, 0.25) is 0 Å². The molecule has 4 aromatic rings. The Morgan fingerprint density at radius 3 is 2.03 bits per heavy atom. The third-order valence-electron chi connectivity index (χ3n) is 6.42. The van der Waals surface area contributed by atoms with Gasteiger partial charge >= 0.3 is 0 Å². The lowest BCUT2D eigenvalue weighted by Crippen LogP contribution is -2.45. The van der Waals surface area contributed by atoms with Gasteiger partial charge in [-0.25, -0.2) is 0 Å². The average Bonchev–Trinajstić information content (AvgIpc) is 2.98. The van der Waals surface area contributed by atoms with Gasteiger partial charge in [0, 0.05) is 22.4 Å². The highest BCUT2D eigenvalue weighted by Gasteiger charge is 2.22. The van der Waals surface area contributed by atoms with E-state index < -0.39 is 11.9 Å². The molecule has 1 unspecified atom stereocenters. The minimum Gasteiger partial charge on any atom is -0.345 e. The van der Waals surface area contributed by atoms with Crippen molar-refractivity contribution >= 4 is 40.0 Å². The molecular weight excluding hydrogens is 490 g/mol. The maximum atomic E-state index is 12.9. The van der Waals surface area contributed by atoms with E-state index in [0.29, 0.717) is 28.8 Å². The van der Waals surface area contributed by atoms with Crippen molar-refractivity contribution in [2.75, 3.05) is 11.9 Å². The number of rotatable bonds is 11. The summed E-state index contributed by atoms with van der Waals surface area (Å²) in [6, 6.07) is 27.8. The molecule has 0 bridgehead atoms. The van der Waals surface area contributed by atoms with Crippen LogP contribution >= 0.6 is 0 Å². The van der Waals surface area contributed by atoms with Crippen LogP contribution in [0.15, 0.2) is 97.1 Å². The van der Waals surface area contributed by atoms with Crippen LogP contribution in [0.5, 0.6) is 0 Å². The summed E-state index contributed by atoms with van der Waals surface area (Å²) >= 11 is 0. The molecule has 3 N–H and O–H groups in total. The van der Waals surface area contributed by atoms with Crippen LogP contribution in [0.3, 0.4) is 0 Å². The Kier molecular flexibility index (Phi) is 9.19. The number of fused-ring (bicyclic) bond motifs is 1. The van der Waals surface area contributed by atoms with Crippen molar-refractivity contribution in [3.8, 4) is 0 Å². The second-order valence-electron chi connectivity index (χ2n) is 9.28. The summed E-state index contributed by atoms with van der Waals surface area (Å²) in [4.78, 5) is 50.8. The van der Waals surface area contributed by atoms with Crippen LogP contribution in [0.2, 0.25) is 0 Å². The van der Waals surface area contributed by atoms with Gasteiger partial charge < -0.3 is 16.0 Å². The molecule has 198 valence electrons. The van der Waals surface area contributed by atoms with Crippen molar-refractivity contribution in [3.05, 3.63) is 114 Å². The Morgan fingerprint density at radius 2 is 1.31 bits per heavy atom. The van der Waals surface area contributed by atoms with Gasteiger partial charge in [-0.3, -0.25) is 19.2 Å². The zero-order chi connectivity index (χ0) is 27.6. The first-order valence-electron chi connectivity index (χ1n) is 13.0. The van der Waals surface area contributed by atoms with E-state index in [1.54, 1.807) is 54.6 Å². The number of carbonyl (C=O) groups excluding carboxylic acids is 4. The molecule has 0 heterocycles. The number of hydrogen-bond donors (Lipinski definition) is 3. The zero-order valence-electron chi connectivity index (χ0n) is 21.8. The molecule has 7 heteroatoms. The SMILES string of the molecule is CCCCC(NC(=O)c1ccc(NC(=O)c2ccc3ccccc3c2)cc1)C(=O)CNC(=O)c1ccccc1. The predicted octanol–water partition coefficient (Wildman–Crippen LogP) is 5.38. The first-order chi connectivity index (χ1) is 18.9. The van der Waals surface area contributed by atoms with Crippen LogP contribution in [-0.4, -0.2) is 36.1 Å². The van der Waals surface area contributed by atoms with Gasteiger partial charge in [-0.05, 0) is 65.7 Å². The normalized spacial score (nSPS) is 11.4. The summed E-state index contributed by atoms with van der Waals surface area (Å²) in [7, 11) is 0. The number of benzene rings is 4. The highest BCUT2D eigenvalue weighted by atomic mass is 16.2. The average molecular weight is 522 g/mol. The van der Waals surface area contributed by atoms with Gasteiger partial charge in [0.1, 0.15) is 0 Å². The molecule has 3 amide bonds. The number of anilines is 1. The van der Waals surface area contributed by atoms with Crippen LogP contribution in [-0.2, 0) is 4.79 Å². The topological polar surface area (TPSA) is 104 Å². The smallest absolute Gasteiger partial charge is 0.255 e. The Balaban J connectivity index is 1.35. The lowest BCUT2D eigenvalue weighted by molar-refractivity contribution is -0.120. The molecule has 0 aliphatic carbocycles. The maximum absolute atomic E-state index is 12.9. The van der Waals surface area contributed by atoms with Crippen LogP contribution < -0.4 is 16.0 Å². The molecule has 0 aromatic heterocycles. The molecule has 0 radical (unpaired) electrons. The van der Waals surface area contributed by atoms with Crippen LogP contribution in [0, 0.1) is 0 Å². The third-order valence-corrected chi connectivity index (χ3v) is 6.42. The van der Waals surface area contributed by atoms with Gasteiger partial charge in [-0.15, -0.1) is 0 Å². The van der Waals surface area contributed by atoms with Gasteiger partial charge in [-0.1, -0.05) is 68.3 Å². The fourth-order valence-corrected chi connectivity index (χ4v) is 4.18. The highest BCUT2D eigenvalue weighted by molar-refractivity contribution is 6.07. The van der Waals surface area contributed by atoms with Crippen LogP contribution in [0.25, 0.3) is 10.8 Å². The number of amides is 3. The fourth-order valence-electron chi connectivity index (χ4n) is 4.18. The van der Waals surface area contributed by atoms with E-state index in [4.69, 9.17) is 0 Å². The Bertz CT molecular complexity index is 1470. The molecule has 0 aliphatic rings. The molecule has 39 heavy (non-hydrogen) atoms. The van der Waals surface area contributed by atoms with Gasteiger partial charge in [0.15, 0.2) is 5.78 Å². The largest absolute Gasteiger partial charge is 0.345 e. The molecule has 1 atom stereocenters. The third kappa shape index (κ3) is 7.38. The quantitative estimate of drug-likeness (QED) is 0.246. The zero-order valence-corrected chi connectivity index (χ0v) is 21.8. The second-order valence-corrected chi connectivity index (χ2v) is 9.28. The van der Waals surface area contributed by atoms with Crippen LogP contribution in [0.1, 0.15) is 57.3 Å². The molecule has 0 spiro atoms. The summed E-state index contributed by atoms with van der Waals surface area (Å²) in [5.74, 6) is -1.25. The predicted molar refractivity (Wildman–Crippen MR) is 153 cm³/mol. The van der Waals surface area contributed by atoms with Crippen molar-refractivity contribution in [1.29, 1.82) is 0 Å². The molecule has 0 fully saturated rings. The van der Waals surface area contributed by atoms with Crippen molar-refractivity contribution in [2.24, 2.45) is 0 Å². The standard InChI is InChI=1S/C32H31N3O4/c1-2-3-13-28(29(36)21-33-30(37)23-10-5-4-6-11-23)35-31(38)24-16-18-27(19-17-24)34-32(39)26-15-14-22-9-7-8-12-25(22)20-26/h4-12,14-20,28H,2-3,13,21H2,1H3,(H,33,37)(H,34,39)(H,35,38). The second kappa shape index (κ2) is 13.1. The summed E-state index contributed by atoms with van der Waals surface area (Å²) in [5, 5.41) is 10.3. The Hall–Kier alpha value is -4.78. The molecule has 0 saturated heterocycles. The van der Waals surface area contributed by atoms with Crippen molar-refractivity contribution in [1.82, 2.24) is 10.6 Å². The lowest BCUT2D eigenvalue weighted by atomic mass is 10.0. The minimum atomic E-state index is -0.721. The van der Waals surface area contributed by atoms with Gasteiger partial charge in [0.25, 0.3) is 17.7 Å². The minimum absolute atomic E-state index is 0.178. The summed E-state index contributed by atoms with van der Waals surface area (Å²) in [6.07, 6.45) is 2.09. The van der Waals surface area contributed by atoms with Gasteiger partial charge in [-0.2, -0.15) is 0 Å². The molecule has 7 nitrogen and oxygen atoms in total. The number of nitrogens with one attached hydrogen (secondary N) is 3. The molecule has 4 rings (SSSR count). The van der Waals surface area contributed by atoms with E-state index in [-0.39, 0.29) is 24.1 Å². The van der Waals surface area contributed by atoms with Crippen LogP contribution in [0.4, 0.5) is 5.69 Å². The lowest BCUT2D eigenvalue weighted by Gasteiger charge is -2.18. The maximum Gasteiger partial charge on any atom is 0.255 e. The monoisotopic (exact) mass is 521 g/mol. The van der Waals surface area contributed by atoms with E-state index in [1.807, 2.05) is 49.4 Å².